The molecule has 1 aromatic rings. The molecule has 1 aliphatic rings. The number of hydrogen-bond acceptors (Lipinski definition) is 2. The molecule has 0 unspecified atom stereocenters. The summed E-state index contributed by atoms with van der Waals surface area (Å²) in [6.45, 7) is -0.0884. The predicted molar refractivity (Wildman–Crippen MR) is 52.1 cm³/mol. The molecule has 1 saturated carbocycles. The maximum Gasteiger partial charge on any atom is 0.281 e. The first kappa shape index (κ1) is 10.5. The van der Waals surface area contributed by atoms with Gasteiger partial charge in [0.15, 0.2) is 0 Å². The van der Waals surface area contributed by atoms with Crippen LogP contribution in [0.2, 0.25) is 0 Å². The van der Waals surface area contributed by atoms with Crippen LogP contribution in [-0.2, 0) is 10.8 Å². The Hall–Kier alpha value is -1.00. The van der Waals surface area contributed by atoms with E-state index < -0.39 is 11.3 Å². The van der Waals surface area contributed by atoms with Crippen molar-refractivity contribution < 1.29 is 13.6 Å². The molecule has 1 aromatic carbocycles. The van der Waals surface area contributed by atoms with Crippen LogP contribution < -0.4 is 5.90 Å². The lowest BCUT2D eigenvalue weighted by atomic mass is 9.92. The molecule has 4 heteroatoms. The summed E-state index contributed by atoms with van der Waals surface area (Å²) in [4.78, 5) is 4.40. The van der Waals surface area contributed by atoms with Crippen LogP contribution in [0.4, 0.5) is 8.78 Å². The standard InChI is InChI=1S/C11H13F2NO/c12-11(13,9-4-2-1-3-5-9)10(6-7-10)8-15-14/h1-5H,6-8,14H2. The van der Waals surface area contributed by atoms with E-state index in [1.54, 1.807) is 18.2 Å². The lowest BCUT2D eigenvalue weighted by Gasteiger charge is -2.26. The van der Waals surface area contributed by atoms with E-state index in [9.17, 15) is 8.78 Å². The van der Waals surface area contributed by atoms with Crippen LogP contribution in [0, 0.1) is 5.41 Å². The first-order chi connectivity index (χ1) is 7.12. The maximum absolute atomic E-state index is 14.0. The molecule has 0 radical (unpaired) electrons. The molecule has 0 aromatic heterocycles. The van der Waals surface area contributed by atoms with E-state index in [4.69, 9.17) is 5.90 Å². The fourth-order valence-electron chi connectivity index (χ4n) is 1.81. The number of nitrogens with two attached hydrogens (primary N) is 1. The first-order valence-electron chi connectivity index (χ1n) is 4.87. The van der Waals surface area contributed by atoms with Gasteiger partial charge in [0.05, 0.1) is 12.0 Å². The Bertz CT molecular complexity index is 336. The number of halogens is 2. The molecular weight excluding hydrogens is 200 g/mol. The van der Waals surface area contributed by atoms with Crippen LogP contribution in [0.1, 0.15) is 18.4 Å². The number of rotatable bonds is 4. The van der Waals surface area contributed by atoms with Gasteiger partial charge in [-0.25, -0.2) is 14.7 Å². The first-order valence-corrected chi connectivity index (χ1v) is 4.87. The maximum atomic E-state index is 14.0. The van der Waals surface area contributed by atoms with Crippen molar-refractivity contribution in [3.63, 3.8) is 0 Å². The Morgan fingerprint density at radius 2 is 1.87 bits per heavy atom. The summed E-state index contributed by atoms with van der Waals surface area (Å²) >= 11 is 0. The van der Waals surface area contributed by atoms with E-state index in [-0.39, 0.29) is 12.2 Å². The molecule has 0 aliphatic heterocycles. The smallest absolute Gasteiger partial charge is 0.281 e. The highest BCUT2D eigenvalue weighted by molar-refractivity contribution is 5.25. The van der Waals surface area contributed by atoms with Crippen LogP contribution in [0.5, 0.6) is 0 Å². The van der Waals surface area contributed by atoms with Crippen molar-refractivity contribution in [2.75, 3.05) is 6.61 Å². The minimum atomic E-state index is -2.85. The zero-order valence-electron chi connectivity index (χ0n) is 8.25. The molecule has 2 N–H and O–H groups in total. The van der Waals surface area contributed by atoms with Gasteiger partial charge in [-0.2, -0.15) is 0 Å². The molecule has 1 aliphatic carbocycles. The van der Waals surface area contributed by atoms with Gasteiger partial charge in [-0.15, -0.1) is 0 Å². The highest BCUT2D eigenvalue weighted by Crippen LogP contribution is 2.61. The molecule has 2 rings (SSSR count). The molecule has 0 amide bonds. The van der Waals surface area contributed by atoms with E-state index in [1.807, 2.05) is 0 Å². The third kappa shape index (κ3) is 1.64. The highest BCUT2D eigenvalue weighted by Gasteiger charge is 2.62. The second-order valence-corrected chi connectivity index (χ2v) is 4.03. The van der Waals surface area contributed by atoms with Crippen LogP contribution >= 0.6 is 0 Å². The number of hydrogen-bond donors (Lipinski definition) is 1. The molecule has 15 heavy (non-hydrogen) atoms. The van der Waals surface area contributed by atoms with E-state index in [1.165, 1.54) is 12.1 Å². The normalized spacial score (nSPS) is 18.9. The third-order valence-corrected chi connectivity index (χ3v) is 3.02. The van der Waals surface area contributed by atoms with Gasteiger partial charge in [-0.05, 0) is 12.8 Å². The molecule has 0 heterocycles. The summed E-state index contributed by atoms with van der Waals surface area (Å²) in [6, 6.07) is 7.83. The van der Waals surface area contributed by atoms with E-state index >= 15 is 0 Å². The van der Waals surface area contributed by atoms with Gasteiger partial charge in [0.25, 0.3) is 5.92 Å². The van der Waals surface area contributed by atoms with Crippen LogP contribution in [0.25, 0.3) is 0 Å². The summed E-state index contributed by atoms with van der Waals surface area (Å²) in [5.74, 6) is 2.04. The average molecular weight is 213 g/mol. The fraction of sp³-hybridized carbons (Fsp3) is 0.455. The topological polar surface area (TPSA) is 35.2 Å². The molecule has 0 spiro atoms. The van der Waals surface area contributed by atoms with Gasteiger partial charge in [-0.3, -0.25) is 0 Å². The van der Waals surface area contributed by atoms with Crippen molar-refractivity contribution in [3.8, 4) is 0 Å². The van der Waals surface area contributed by atoms with E-state index in [2.05, 4.69) is 4.84 Å². The van der Waals surface area contributed by atoms with Gasteiger partial charge in [-0.1, -0.05) is 30.3 Å². The molecule has 0 bridgehead atoms. The quantitative estimate of drug-likeness (QED) is 0.780. The molecule has 0 saturated heterocycles. The van der Waals surface area contributed by atoms with E-state index in [0.29, 0.717) is 12.8 Å². The molecule has 1 fully saturated rings. The lowest BCUT2D eigenvalue weighted by molar-refractivity contribution is -0.111. The highest BCUT2D eigenvalue weighted by atomic mass is 19.3. The van der Waals surface area contributed by atoms with Crippen LogP contribution in [0.15, 0.2) is 30.3 Å². The third-order valence-electron chi connectivity index (χ3n) is 3.02. The minimum absolute atomic E-state index is 0.0413. The lowest BCUT2D eigenvalue weighted by Crippen LogP contribution is -2.32. The molecule has 2 nitrogen and oxygen atoms in total. The van der Waals surface area contributed by atoms with Crippen molar-refractivity contribution in [1.82, 2.24) is 0 Å². The molecule has 0 atom stereocenters. The monoisotopic (exact) mass is 213 g/mol. The van der Waals surface area contributed by atoms with Gasteiger partial charge in [0.1, 0.15) is 0 Å². The van der Waals surface area contributed by atoms with Crippen molar-refractivity contribution in [3.05, 3.63) is 35.9 Å². The summed E-state index contributed by atoms with van der Waals surface area (Å²) in [6.07, 6.45) is 0.929. The molecule has 82 valence electrons. The molecular formula is C11H13F2NO. The Morgan fingerprint density at radius 1 is 1.27 bits per heavy atom. The van der Waals surface area contributed by atoms with Crippen LogP contribution in [0.3, 0.4) is 0 Å². The van der Waals surface area contributed by atoms with Crippen molar-refractivity contribution in [2.24, 2.45) is 11.3 Å². The minimum Gasteiger partial charge on any atom is -0.304 e. The van der Waals surface area contributed by atoms with Gasteiger partial charge in [0, 0.05) is 5.56 Å². The van der Waals surface area contributed by atoms with Crippen LogP contribution in [-0.4, -0.2) is 6.61 Å². The second-order valence-electron chi connectivity index (χ2n) is 4.03. The van der Waals surface area contributed by atoms with Crippen molar-refractivity contribution in [1.29, 1.82) is 0 Å². The number of alkyl halides is 2. The zero-order valence-corrected chi connectivity index (χ0v) is 8.25. The average Bonchev–Trinajstić information content (AvgIpc) is 3.01. The Labute approximate surface area is 87.0 Å². The van der Waals surface area contributed by atoms with E-state index in [0.717, 1.165) is 0 Å². The van der Waals surface area contributed by atoms with Gasteiger partial charge < -0.3 is 4.84 Å². The summed E-state index contributed by atoms with van der Waals surface area (Å²) in [5, 5.41) is 0. The Kier molecular flexibility index (Phi) is 2.48. The van der Waals surface area contributed by atoms with Crippen molar-refractivity contribution in [2.45, 2.75) is 18.8 Å². The van der Waals surface area contributed by atoms with Crippen molar-refractivity contribution >= 4 is 0 Å². The van der Waals surface area contributed by atoms with Gasteiger partial charge >= 0.3 is 0 Å². The Balaban J connectivity index is 2.27. The number of benzene rings is 1. The second kappa shape index (κ2) is 3.54. The largest absolute Gasteiger partial charge is 0.304 e. The Morgan fingerprint density at radius 3 is 2.33 bits per heavy atom. The predicted octanol–water partition coefficient (Wildman–Crippen LogP) is 2.45. The fourth-order valence-corrected chi connectivity index (χ4v) is 1.81. The summed E-state index contributed by atoms with van der Waals surface area (Å²) in [5.41, 5.74) is -1.04. The summed E-state index contributed by atoms with van der Waals surface area (Å²) in [7, 11) is 0. The SMILES string of the molecule is NOCC1(C(F)(F)c2ccccc2)CC1. The van der Waals surface area contributed by atoms with Gasteiger partial charge in [0.2, 0.25) is 0 Å². The zero-order chi connectivity index (χ0) is 10.9. The summed E-state index contributed by atoms with van der Waals surface area (Å²) < 4.78 is 28.1.